The molecule has 0 saturated carbocycles. The van der Waals surface area contributed by atoms with E-state index in [1.807, 2.05) is 0 Å². The number of hydrogen-bond donors (Lipinski definition) is 2. The molecule has 4 nitrogen and oxygen atoms in total. The molecule has 100 valence electrons. The lowest BCUT2D eigenvalue weighted by Gasteiger charge is -2.30. The average Bonchev–Trinajstić information content (AvgIpc) is 2.80. The monoisotopic (exact) mass is 241 g/mol. The lowest BCUT2D eigenvalue weighted by molar-refractivity contribution is -0.126. The summed E-state index contributed by atoms with van der Waals surface area (Å²) in [5.41, 5.74) is 2.73. The third-order valence-corrected chi connectivity index (χ3v) is 4.42. The molecule has 1 rings (SSSR count). The number of nitrogens with zero attached hydrogens (tertiary/aromatic N) is 1. The molecule has 1 aliphatic rings. The standard InChI is InChI=1S/C13H27N3O/c1-4-7-11(12(17)15-14)16-9-8-13(5-2,6-3)10-16/h11H,4-10,14H2,1-3H3,(H,15,17). The van der Waals surface area contributed by atoms with Crippen molar-refractivity contribution in [3.63, 3.8) is 0 Å². The Bertz CT molecular complexity index is 251. The van der Waals surface area contributed by atoms with Crippen LogP contribution < -0.4 is 11.3 Å². The molecule has 0 aliphatic carbocycles. The molecule has 1 aliphatic heterocycles. The maximum absolute atomic E-state index is 11.8. The first-order valence-electron chi connectivity index (χ1n) is 6.87. The van der Waals surface area contributed by atoms with Gasteiger partial charge in [-0.1, -0.05) is 27.2 Å². The van der Waals surface area contributed by atoms with Gasteiger partial charge in [0.15, 0.2) is 0 Å². The highest BCUT2D eigenvalue weighted by atomic mass is 16.2. The number of carbonyl (C=O) groups excluding carboxylic acids is 1. The molecule has 0 aromatic carbocycles. The Morgan fingerprint density at radius 1 is 1.41 bits per heavy atom. The molecule has 3 N–H and O–H groups in total. The van der Waals surface area contributed by atoms with Gasteiger partial charge in [0.05, 0.1) is 6.04 Å². The molecule has 0 aromatic heterocycles. The highest BCUT2D eigenvalue weighted by Gasteiger charge is 2.39. The van der Waals surface area contributed by atoms with Crippen molar-refractivity contribution in [2.24, 2.45) is 11.3 Å². The van der Waals surface area contributed by atoms with Crippen LogP contribution in [0.2, 0.25) is 0 Å². The second-order valence-corrected chi connectivity index (χ2v) is 5.24. The van der Waals surface area contributed by atoms with E-state index in [1.54, 1.807) is 0 Å². The second kappa shape index (κ2) is 6.36. The lowest BCUT2D eigenvalue weighted by atomic mass is 9.82. The van der Waals surface area contributed by atoms with Crippen LogP contribution in [0.4, 0.5) is 0 Å². The number of hydrazine groups is 1. The normalized spacial score (nSPS) is 21.4. The first kappa shape index (κ1) is 14.5. The van der Waals surface area contributed by atoms with Crippen molar-refractivity contribution in [1.29, 1.82) is 0 Å². The summed E-state index contributed by atoms with van der Waals surface area (Å²) >= 11 is 0. The summed E-state index contributed by atoms with van der Waals surface area (Å²) in [5, 5.41) is 0. The van der Waals surface area contributed by atoms with Gasteiger partial charge in [-0.25, -0.2) is 5.84 Å². The molecule has 0 aromatic rings. The summed E-state index contributed by atoms with van der Waals surface area (Å²) in [5.74, 6) is 5.24. The van der Waals surface area contributed by atoms with Crippen LogP contribution in [0.3, 0.4) is 0 Å². The van der Waals surface area contributed by atoms with Crippen LogP contribution in [0.5, 0.6) is 0 Å². The van der Waals surface area contributed by atoms with Gasteiger partial charge >= 0.3 is 0 Å². The quantitative estimate of drug-likeness (QED) is 0.422. The zero-order chi connectivity index (χ0) is 12.9. The van der Waals surface area contributed by atoms with Crippen molar-refractivity contribution >= 4 is 5.91 Å². The minimum atomic E-state index is -0.0371. The Morgan fingerprint density at radius 3 is 2.47 bits per heavy atom. The van der Waals surface area contributed by atoms with Crippen molar-refractivity contribution < 1.29 is 4.79 Å². The predicted molar refractivity (Wildman–Crippen MR) is 70.2 cm³/mol. The van der Waals surface area contributed by atoms with E-state index in [2.05, 4.69) is 31.1 Å². The molecule has 0 spiro atoms. The molecule has 0 radical (unpaired) electrons. The highest BCUT2D eigenvalue weighted by Crippen LogP contribution is 2.38. The summed E-state index contributed by atoms with van der Waals surface area (Å²) < 4.78 is 0. The van der Waals surface area contributed by atoms with Gasteiger partial charge in [-0.15, -0.1) is 0 Å². The summed E-state index contributed by atoms with van der Waals surface area (Å²) in [6, 6.07) is -0.0371. The van der Waals surface area contributed by atoms with Gasteiger partial charge in [-0.3, -0.25) is 15.1 Å². The maximum atomic E-state index is 11.8. The molecule has 17 heavy (non-hydrogen) atoms. The van der Waals surface area contributed by atoms with Gasteiger partial charge in [-0.05, 0) is 37.6 Å². The van der Waals surface area contributed by atoms with Crippen LogP contribution in [0.1, 0.15) is 52.9 Å². The van der Waals surface area contributed by atoms with Gasteiger partial charge in [-0.2, -0.15) is 0 Å². The fourth-order valence-corrected chi connectivity index (χ4v) is 2.91. The highest BCUT2D eigenvalue weighted by molar-refractivity contribution is 5.81. The second-order valence-electron chi connectivity index (χ2n) is 5.24. The summed E-state index contributed by atoms with van der Waals surface area (Å²) in [6.45, 7) is 8.69. The minimum Gasteiger partial charge on any atom is -0.293 e. The van der Waals surface area contributed by atoms with E-state index >= 15 is 0 Å². The lowest BCUT2D eigenvalue weighted by Crippen LogP contribution is -2.48. The Morgan fingerprint density at radius 2 is 2.06 bits per heavy atom. The van der Waals surface area contributed by atoms with E-state index in [4.69, 9.17) is 5.84 Å². The van der Waals surface area contributed by atoms with Crippen LogP contribution in [-0.2, 0) is 4.79 Å². The first-order chi connectivity index (χ1) is 8.12. The number of carbonyl (C=O) groups is 1. The molecule has 0 bridgehead atoms. The van der Waals surface area contributed by atoms with Crippen LogP contribution >= 0.6 is 0 Å². The Labute approximate surface area is 105 Å². The van der Waals surface area contributed by atoms with Crippen molar-refractivity contribution in [3.05, 3.63) is 0 Å². The minimum absolute atomic E-state index is 0.0325. The molecule has 4 heteroatoms. The van der Waals surface area contributed by atoms with Crippen molar-refractivity contribution in [1.82, 2.24) is 10.3 Å². The molecule has 1 fully saturated rings. The van der Waals surface area contributed by atoms with E-state index in [0.717, 1.165) is 25.9 Å². The van der Waals surface area contributed by atoms with Crippen LogP contribution in [0, 0.1) is 5.41 Å². The Hall–Kier alpha value is -0.610. The third-order valence-electron chi connectivity index (χ3n) is 4.42. The zero-order valence-corrected chi connectivity index (χ0v) is 11.5. The maximum Gasteiger partial charge on any atom is 0.251 e. The number of hydrogen-bond acceptors (Lipinski definition) is 3. The fraction of sp³-hybridized carbons (Fsp3) is 0.923. The molecule has 1 unspecified atom stereocenters. The first-order valence-corrected chi connectivity index (χ1v) is 6.87. The zero-order valence-electron chi connectivity index (χ0n) is 11.5. The van der Waals surface area contributed by atoms with Crippen LogP contribution in [0.15, 0.2) is 0 Å². The summed E-state index contributed by atoms with van der Waals surface area (Å²) in [7, 11) is 0. The molecule has 1 atom stereocenters. The molecular formula is C13H27N3O. The topological polar surface area (TPSA) is 58.4 Å². The van der Waals surface area contributed by atoms with E-state index in [0.29, 0.717) is 5.41 Å². The third kappa shape index (κ3) is 3.19. The predicted octanol–water partition coefficient (Wildman–Crippen LogP) is 1.66. The largest absolute Gasteiger partial charge is 0.293 e. The Balaban J connectivity index is 2.68. The number of amides is 1. The molecule has 1 heterocycles. The van der Waals surface area contributed by atoms with E-state index in [9.17, 15) is 4.79 Å². The van der Waals surface area contributed by atoms with Gasteiger partial charge in [0.25, 0.3) is 5.91 Å². The van der Waals surface area contributed by atoms with Crippen LogP contribution in [-0.4, -0.2) is 29.9 Å². The summed E-state index contributed by atoms with van der Waals surface area (Å²) in [4.78, 5) is 14.1. The smallest absolute Gasteiger partial charge is 0.251 e. The van der Waals surface area contributed by atoms with E-state index < -0.39 is 0 Å². The van der Waals surface area contributed by atoms with Gasteiger partial charge < -0.3 is 0 Å². The molecular weight excluding hydrogens is 214 g/mol. The van der Waals surface area contributed by atoms with Gasteiger partial charge in [0.1, 0.15) is 0 Å². The number of nitrogens with one attached hydrogen (secondary N) is 1. The number of rotatable bonds is 6. The van der Waals surface area contributed by atoms with Crippen molar-refractivity contribution in [3.8, 4) is 0 Å². The summed E-state index contributed by atoms with van der Waals surface area (Å²) in [6.07, 6.45) is 5.51. The number of nitrogens with two attached hydrogens (primary N) is 1. The van der Waals surface area contributed by atoms with Crippen LogP contribution in [0.25, 0.3) is 0 Å². The average molecular weight is 241 g/mol. The fourth-order valence-electron chi connectivity index (χ4n) is 2.91. The SMILES string of the molecule is CCCC(C(=O)NN)N1CCC(CC)(CC)C1. The van der Waals surface area contributed by atoms with E-state index in [-0.39, 0.29) is 11.9 Å². The Kier molecular flexibility index (Phi) is 5.40. The van der Waals surface area contributed by atoms with Gasteiger partial charge in [0.2, 0.25) is 0 Å². The van der Waals surface area contributed by atoms with Crippen molar-refractivity contribution in [2.75, 3.05) is 13.1 Å². The molecule has 1 amide bonds. The van der Waals surface area contributed by atoms with E-state index in [1.165, 1.54) is 19.3 Å². The molecule has 1 saturated heterocycles. The van der Waals surface area contributed by atoms with Crippen molar-refractivity contribution in [2.45, 2.75) is 58.9 Å². The van der Waals surface area contributed by atoms with Gasteiger partial charge in [0, 0.05) is 6.54 Å². The number of likely N-dealkylation sites (tertiary alicyclic amines) is 1.